The van der Waals surface area contributed by atoms with Gasteiger partial charge in [-0.1, -0.05) is 78.9 Å². The Morgan fingerprint density at radius 1 is 0.614 bits per heavy atom. The molecule has 0 unspecified atom stereocenters. The second-order valence-electron chi connectivity index (χ2n) is 10.4. The minimum Gasteiger partial charge on any atom is -0.457 e. The van der Waals surface area contributed by atoms with Crippen molar-refractivity contribution in [1.29, 1.82) is 0 Å². The Bertz CT molecular complexity index is 1960. The molecule has 7 rings (SSSR count). The van der Waals surface area contributed by atoms with Crippen molar-refractivity contribution >= 4 is 51.3 Å². The molecule has 0 fully saturated rings. The van der Waals surface area contributed by atoms with Crippen LogP contribution in [-0.4, -0.2) is 17.8 Å². The number of nitrogens with zero attached hydrogens (tertiary/aromatic N) is 2. The van der Waals surface area contributed by atoms with Crippen molar-refractivity contribution in [2.75, 3.05) is 9.80 Å². The van der Waals surface area contributed by atoms with E-state index in [0.717, 1.165) is 22.4 Å². The average Bonchev–Trinajstić information content (AvgIpc) is 3.08. The molecule has 44 heavy (non-hydrogen) atoms. The largest absolute Gasteiger partial charge is 0.457 e. The molecule has 6 heteroatoms. The Morgan fingerprint density at radius 2 is 1.20 bits per heavy atom. The maximum absolute atomic E-state index is 14.0. The van der Waals surface area contributed by atoms with E-state index in [2.05, 4.69) is 4.90 Å². The Balaban J connectivity index is 1.26. The molecular formula is C38H26N2O4. The van der Waals surface area contributed by atoms with E-state index in [0.29, 0.717) is 33.3 Å². The van der Waals surface area contributed by atoms with Gasteiger partial charge in [0, 0.05) is 33.3 Å². The van der Waals surface area contributed by atoms with Crippen LogP contribution in [0.25, 0.3) is 10.8 Å². The van der Waals surface area contributed by atoms with Crippen molar-refractivity contribution in [2.24, 2.45) is 0 Å². The molecule has 1 aliphatic rings. The lowest BCUT2D eigenvalue weighted by Crippen LogP contribution is -2.40. The van der Waals surface area contributed by atoms with Crippen molar-refractivity contribution in [1.82, 2.24) is 0 Å². The zero-order valence-electron chi connectivity index (χ0n) is 23.6. The topological polar surface area (TPSA) is 66.9 Å². The summed E-state index contributed by atoms with van der Waals surface area (Å²) in [5.74, 6) is -1.26. The Morgan fingerprint density at radius 3 is 1.86 bits per heavy atom. The van der Waals surface area contributed by atoms with E-state index in [1.165, 1.54) is 4.90 Å². The third-order valence-electron chi connectivity index (χ3n) is 7.70. The lowest BCUT2D eigenvalue weighted by atomic mass is 9.92. The van der Waals surface area contributed by atoms with Gasteiger partial charge in [0.2, 0.25) is 0 Å². The van der Waals surface area contributed by atoms with Gasteiger partial charge in [-0.05, 0) is 72.3 Å². The number of rotatable bonds is 7. The van der Waals surface area contributed by atoms with Crippen molar-refractivity contribution in [3.63, 3.8) is 0 Å². The lowest BCUT2D eigenvalue weighted by molar-refractivity contribution is 0.0472. The van der Waals surface area contributed by atoms with Crippen LogP contribution in [0.2, 0.25) is 0 Å². The zero-order chi connectivity index (χ0) is 30.0. The number of hydrogen-bond acceptors (Lipinski definition) is 5. The monoisotopic (exact) mass is 574 g/mol. The van der Waals surface area contributed by atoms with E-state index in [-0.39, 0.29) is 6.61 Å². The molecule has 6 aromatic rings. The van der Waals surface area contributed by atoms with Gasteiger partial charge in [0.25, 0.3) is 11.8 Å². The second-order valence-corrected chi connectivity index (χ2v) is 10.4. The summed E-state index contributed by atoms with van der Waals surface area (Å²) in [4.78, 5) is 43.8. The number of carbonyl (C=O) groups is 3. The average molecular weight is 575 g/mol. The van der Waals surface area contributed by atoms with Crippen molar-refractivity contribution < 1.29 is 19.1 Å². The van der Waals surface area contributed by atoms with Crippen LogP contribution in [-0.2, 0) is 11.3 Å². The van der Waals surface area contributed by atoms with E-state index < -0.39 is 17.8 Å². The standard InChI is InChI=1S/C38H26N2O4/c41-36-32-21-11-20-31-34(39(28-15-6-2-7-16-28)29-17-8-3-9-18-29)23-22-33(35(31)32)37(42)40(36)30-19-10-12-26(24-30)25-44-38(43)27-13-4-1-5-14-27/h1-24H,25H2. The van der Waals surface area contributed by atoms with Crippen molar-refractivity contribution in [3.8, 4) is 0 Å². The number of anilines is 4. The Hall–Kier alpha value is -6.01. The van der Waals surface area contributed by atoms with Crippen LogP contribution in [0.4, 0.5) is 22.7 Å². The highest BCUT2D eigenvalue weighted by atomic mass is 16.5. The summed E-state index contributed by atoms with van der Waals surface area (Å²) in [7, 11) is 0. The molecule has 0 aromatic heterocycles. The van der Waals surface area contributed by atoms with Crippen LogP contribution in [0.15, 0.2) is 146 Å². The number of imide groups is 1. The van der Waals surface area contributed by atoms with Gasteiger partial charge in [0.05, 0.1) is 16.9 Å². The molecule has 0 aliphatic carbocycles. The first kappa shape index (κ1) is 26.9. The molecule has 0 bridgehead atoms. The van der Waals surface area contributed by atoms with Crippen LogP contribution in [0.5, 0.6) is 0 Å². The maximum atomic E-state index is 14.0. The summed E-state index contributed by atoms with van der Waals surface area (Å²) in [5.41, 5.74) is 5.19. The molecular weight excluding hydrogens is 548 g/mol. The van der Waals surface area contributed by atoms with Gasteiger partial charge in [-0.2, -0.15) is 0 Å². The van der Waals surface area contributed by atoms with Crippen molar-refractivity contribution in [3.05, 3.63) is 168 Å². The minimum absolute atomic E-state index is 0.00211. The van der Waals surface area contributed by atoms with Gasteiger partial charge in [0.1, 0.15) is 6.61 Å². The lowest BCUT2D eigenvalue weighted by Gasteiger charge is -2.31. The normalized spacial score (nSPS) is 12.3. The van der Waals surface area contributed by atoms with Crippen LogP contribution >= 0.6 is 0 Å². The number of para-hydroxylation sites is 2. The van der Waals surface area contributed by atoms with Gasteiger partial charge in [-0.15, -0.1) is 0 Å². The van der Waals surface area contributed by atoms with E-state index in [1.807, 2.05) is 84.9 Å². The summed E-state index contributed by atoms with van der Waals surface area (Å²) in [5, 5.41) is 1.43. The third kappa shape index (κ3) is 4.78. The number of benzene rings is 6. The number of carbonyl (C=O) groups excluding carboxylic acids is 3. The molecule has 0 atom stereocenters. The highest BCUT2D eigenvalue weighted by Crippen LogP contribution is 2.42. The first-order chi connectivity index (χ1) is 21.6. The molecule has 1 aliphatic heterocycles. The summed E-state index contributed by atoms with van der Waals surface area (Å²) in [6, 6.07) is 45.0. The molecule has 2 amide bonds. The Labute approximate surface area is 254 Å². The molecule has 0 saturated carbocycles. The van der Waals surface area contributed by atoms with E-state index in [9.17, 15) is 14.4 Å². The molecule has 0 spiro atoms. The van der Waals surface area contributed by atoms with E-state index in [1.54, 1.807) is 60.7 Å². The van der Waals surface area contributed by atoms with Crippen LogP contribution in [0.3, 0.4) is 0 Å². The van der Waals surface area contributed by atoms with Gasteiger partial charge in [0.15, 0.2) is 0 Å². The highest BCUT2D eigenvalue weighted by Gasteiger charge is 2.35. The summed E-state index contributed by atoms with van der Waals surface area (Å²) in [6.45, 7) is 0.00211. The summed E-state index contributed by atoms with van der Waals surface area (Å²) in [6.07, 6.45) is 0. The summed E-state index contributed by atoms with van der Waals surface area (Å²) >= 11 is 0. The quantitative estimate of drug-likeness (QED) is 0.141. The highest BCUT2D eigenvalue weighted by molar-refractivity contribution is 6.36. The van der Waals surface area contributed by atoms with Gasteiger partial charge >= 0.3 is 5.97 Å². The zero-order valence-corrected chi connectivity index (χ0v) is 23.6. The predicted octanol–water partition coefficient (Wildman–Crippen LogP) is 8.47. The first-order valence-electron chi connectivity index (χ1n) is 14.3. The SMILES string of the molecule is O=C(OCc1cccc(N2C(=O)c3cccc4c(N(c5ccccc5)c5ccccc5)ccc(c34)C2=O)c1)c1ccccc1. The van der Waals surface area contributed by atoms with E-state index in [4.69, 9.17) is 4.74 Å². The minimum atomic E-state index is -0.447. The fourth-order valence-corrected chi connectivity index (χ4v) is 5.68. The Kier molecular flexibility index (Phi) is 6.93. The molecule has 0 saturated heterocycles. The van der Waals surface area contributed by atoms with Gasteiger partial charge in [-0.3, -0.25) is 9.59 Å². The third-order valence-corrected chi connectivity index (χ3v) is 7.70. The van der Waals surface area contributed by atoms with Crippen LogP contribution in [0, 0.1) is 0 Å². The molecule has 6 nitrogen and oxygen atoms in total. The smallest absolute Gasteiger partial charge is 0.338 e. The second kappa shape index (κ2) is 11.3. The van der Waals surface area contributed by atoms with E-state index >= 15 is 0 Å². The molecule has 212 valence electrons. The number of hydrogen-bond donors (Lipinski definition) is 0. The fraction of sp³-hybridized carbons (Fsp3) is 0.0263. The molecule has 1 heterocycles. The number of esters is 1. The first-order valence-corrected chi connectivity index (χ1v) is 14.3. The van der Waals surface area contributed by atoms with Gasteiger partial charge < -0.3 is 9.64 Å². The maximum Gasteiger partial charge on any atom is 0.338 e. The predicted molar refractivity (Wildman–Crippen MR) is 172 cm³/mol. The fourth-order valence-electron chi connectivity index (χ4n) is 5.68. The van der Waals surface area contributed by atoms with Crippen LogP contribution < -0.4 is 9.80 Å². The summed E-state index contributed by atoms with van der Waals surface area (Å²) < 4.78 is 5.49. The number of ether oxygens (including phenoxy) is 1. The van der Waals surface area contributed by atoms with Crippen LogP contribution in [0.1, 0.15) is 36.6 Å². The molecule has 6 aromatic carbocycles. The molecule has 0 radical (unpaired) electrons. The number of amides is 2. The van der Waals surface area contributed by atoms with Crippen molar-refractivity contribution in [2.45, 2.75) is 6.61 Å². The molecule has 0 N–H and O–H groups in total. The van der Waals surface area contributed by atoms with Gasteiger partial charge in [-0.25, -0.2) is 9.69 Å².